The lowest BCUT2D eigenvalue weighted by Gasteiger charge is -2.22. The number of carboxylic acid groups (broad SMARTS) is 1. The highest BCUT2D eigenvalue weighted by Gasteiger charge is 2.35. The first-order valence-corrected chi connectivity index (χ1v) is 4.29. The van der Waals surface area contributed by atoms with E-state index >= 15 is 0 Å². The van der Waals surface area contributed by atoms with Crippen molar-refractivity contribution in [2.75, 3.05) is 19.6 Å². The molecule has 0 atom stereocenters. The van der Waals surface area contributed by atoms with Crippen LogP contribution in [0.1, 0.15) is 0 Å². The van der Waals surface area contributed by atoms with Crippen molar-refractivity contribution in [2.45, 2.75) is 12.4 Å². The molecule has 0 aromatic carbocycles. The van der Waals surface area contributed by atoms with Gasteiger partial charge in [-0.1, -0.05) is 0 Å². The first kappa shape index (κ1) is 16.3. The first-order valence-electron chi connectivity index (χ1n) is 4.29. The highest BCUT2D eigenvalue weighted by molar-refractivity contribution is 5.80. The first-order chi connectivity index (χ1) is 7.91. The van der Waals surface area contributed by atoms with E-state index in [0.29, 0.717) is 0 Å². The molecule has 5 nitrogen and oxygen atoms in total. The number of urea groups is 1. The molecule has 0 spiro atoms. The number of carbonyl (C=O) groups is 2. The third kappa shape index (κ3) is 8.47. The van der Waals surface area contributed by atoms with Gasteiger partial charge in [0.1, 0.15) is 19.6 Å². The summed E-state index contributed by atoms with van der Waals surface area (Å²) in [5.74, 6) is -1.78. The predicted octanol–water partition coefficient (Wildman–Crippen LogP) is 1.21. The lowest BCUT2D eigenvalue weighted by Crippen LogP contribution is -2.49. The van der Waals surface area contributed by atoms with Gasteiger partial charge in [-0.15, -0.1) is 0 Å². The fraction of sp³-hybridized carbons (Fsp3) is 0.714. The molecular formula is C7H8F6N2O3. The zero-order valence-electron chi connectivity index (χ0n) is 8.60. The van der Waals surface area contributed by atoms with Gasteiger partial charge < -0.3 is 15.3 Å². The Morgan fingerprint density at radius 2 is 1.56 bits per heavy atom. The summed E-state index contributed by atoms with van der Waals surface area (Å²) in [5, 5.41) is 9.40. The number of rotatable bonds is 4. The molecule has 2 N–H and O–H groups in total. The Hall–Kier alpha value is -1.68. The number of carbonyl (C=O) groups excluding carboxylic acids is 1. The maximum atomic E-state index is 12.0. The minimum Gasteiger partial charge on any atom is -0.480 e. The van der Waals surface area contributed by atoms with Crippen LogP contribution >= 0.6 is 0 Å². The quantitative estimate of drug-likeness (QED) is 0.761. The smallest absolute Gasteiger partial charge is 0.406 e. The van der Waals surface area contributed by atoms with Gasteiger partial charge >= 0.3 is 24.4 Å². The van der Waals surface area contributed by atoms with Crippen LogP contribution in [0.15, 0.2) is 0 Å². The lowest BCUT2D eigenvalue weighted by atomic mass is 10.4. The molecule has 2 amide bonds. The molecule has 106 valence electrons. The number of alkyl halides is 6. The molecule has 0 rings (SSSR count). The summed E-state index contributed by atoms with van der Waals surface area (Å²) in [6.07, 6.45) is -9.71. The number of aliphatic carboxylic acids is 1. The predicted molar refractivity (Wildman–Crippen MR) is 44.7 cm³/mol. The van der Waals surface area contributed by atoms with E-state index in [-0.39, 0.29) is 4.90 Å². The van der Waals surface area contributed by atoms with Crippen molar-refractivity contribution in [3.8, 4) is 0 Å². The van der Waals surface area contributed by atoms with Gasteiger partial charge in [-0.05, 0) is 0 Å². The zero-order chi connectivity index (χ0) is 14.6. The highest BCUT2D eigenvalue weighted by Crippen LogP contribution is 2.17. The zero-order valence-corrected chi connectivity index (χ0v) is 8.60. The number of hydrogen-bond acceptors (Lipinski definition) is 2. The lowest BCUT2D eigenvalue weighted by molar-refractivity contribution is -0.149. The summed E-state index contributed by atoms with van der Waals surface area (Å²) in [7, 11) is 0. The van der Waals surface area contributed by atoms with E-state index in [1.807, 2.05) is 0 Å². The molecule has 0 radical (unpaired) electrons. The molecular weight excluding hydrogens is 274 g/mol. The Balaban J connectivity index is 4.55. The van der Waals surface area contributed by atoms with Crippen molar-refractivity contribution >= 4 is 12.0 Å². The molecule has 0 saturated heterocycles. The van der Waals surface area contributed by atoms with Crippen LogP contribution in [0.2, 0.25) is 0 Å². The third-order valence-corrected chi connectivity index (χ3v) is 1.42. The van der Waals surface area contributed by atoms with Crippen molar-refractivity contribution in [2.24, 2.45) is 0 Å². The number of nitrogens with one attached hydrogen (secondary N) is 1. The molecule has 0 aliphatic carbocycles. The molecule has 0 unspecified atom stereocenters. The van der Waals surface area contributed by atoms with Gasteiger partial charge in [0.05, 0.1) is 0 Å². The van der Waals surface area contributed by atoms with E-state index in [1.165, 1.54) is 0 Å². The van der Waals surface area contributed by atoms with Crippen LogP contribution < -0.4 is 5.32 Å². The van der Waals surface area contributed by atoms with Crippen molar-refractivity contribution in [3.63, 3.8) is 0 Å². The van der Waals surface area contributed by atoms with E-state index < -0.39 is 44.0 Å². The second-order valence-electron chi connectivity index (χ2n) is 3.14. The number of hydrogen-bond donors (Lipinski definition) is 2. The Kier molecular flexibility index (Phi) is 5.24. The molecule has 0 bridgehead atoms. The summed E-state index contributed by atoms with van der Waals surface area (Å²) in [5.41, 5.74) is 0. The summed E-state index contributed by atoms with van der Waals surface area (Å²) in [6.45, 7) is -5.16. The molecule has 0 aromatic heterocycles. The van der Waals surface area contributed by atoms with Gasteiger partial charge in [0.25, 0.3) is 0 Å². The van der Waals surface area contributed by atoms with E-state index in [2.05, 4.69) is 0 Å². The van der Waals surface area contributed by atoms with Crippen LogP contribution in [-0.4, -0.2) is 54.0 Å². The highest BCUT2D eigenvalue weighted by atomic mass is 19.4. The fourth-order valence-electron chi connectivity index (χ4n) is 0.867. The molecule has 0 aliphatic heterocycles. The summed E-state index contributed by atoms with van der Waals surface area (Å²) >= 11 is 0. The van der Waals surface area contributed by atoms with Gasteiger partial charge in [0, 0.05) is 0 Å². The maximum Gasteiger partial charge on any atom is 0.406 e. The normalized spacial score (nSPS) is 12.1. The van der Waals surface area contributed by atoms with Crippen molar-refractivity contribution < 1.29 is 41.0 Å². The van der Waals surface area contributed by atoms with Gasteiger partial charge in [0.2, 0.25) is 0 Å². The average Bonchev–Trinajstić information content (AvgIpc) is 2.08. The second-order valence-corrected chi connectivity index (χ2v) is 3.14. The molecule has 0 fully saturated rings. The fourth-order valence-corrected chi connectivity index (χ4v) is 0.867. The van der Waals surface area contributed by atoms with Gasteiger partial charge in [0.15, 0.2) is 0 Å². The molecule has 0 saturated carbocycles. The second kappa shape index (κ2) is 5.78. The van der Waals surface area contributed by atoms with Crippen LogP contribution in [0.5, 0.6) is 0 Å². The summed E-state index contributed by atoms with van der Waals surface area (Å²) in [6, 6.07) is -1.76. The van der Waals surface area contributed by atoms with Crippen molar-refractivity contribution in [1.29, 1.82) is 0 Å². The Labute approximate surface area is 96.3 Å². The van der Waals surface area contributed by atoms with Crippen LogP contribution in [0.3, 0.4) is 0 Å². The van der Waals surface area contributed by atoms with E-state index in [0.717, 1.165) is 5.32 Å². The minimum atomic E-state index is -4.91. The van der Waals surface area contributed by atoms with E-state index in [4.69, 9.17) is 5.11 Å². The van der Waals surface area contributed by atoms with E-state index in [1.54, 1.807) is 0 Å². The number of amides is 2. The summed E-state index contributed by atoms with van der Waals surface area (Å²) in [4.78, 5) is 20.9. The van der Waals surface area contributed by atoms with Gasteiger partial charge in [-0.25, -0.2) is 4.79 Å². The van der Waals surface area contributed by atoms with Crippen molar-refractivity contribution in [1.82, 2.24) is 10.2 Å². The maximum absolute atomic E-state index is 12.0. The van der Waals surface area contributed by atoms with Crippen LogP contribution in [-0.2, 0) is 4.79 Å². The number of nitrogens with zero attached hydrogens (tertiary/aromatic N) is 1. The Bertz CT molecular complexity index is 313. The standard InChI is InChI=1S/C7H8F6N2O3/c8-6(9,10)2-14-5(18)15(1-4(16)17)3-7(11,12)13/h1-3H2,(H,14,18)(H,16,17). The molecule has 0 heterocycles. The van der Waals surface area contributed by atoms with Crippen LogP contribution in [0.25, 0.3) is 0 Å². The van der Waals surface area contributed by atoms with Gasteiger partial charge in [-0.3, -0.25) is 4.79 Å². The molecule has 0 aliphatic rings. The average molecular weight is 282 g/mol. The van der Waals surface area contributed by atoms with Crippen molar-refractivity contribution in [3.05, 3.63) is 0 Å². The largest absolute Gasteiger partial charge is 0.480 e. The third-order valence-electron chi connectivity index (χ3n) is 1.42. The number of halogens is 6. The molecule has 0 aromatic rings. The SMILES string of the molecule is O=C(O)CN(CC(F)(F)F)C(=O)NCC(F)(F)F. The Morgan fingerprint density at radius 3 is 1.89 bits per heavy atom. The number of carboxylic acids is 1. The van der Waals surface area contributed by atoms with Gasteiger partial charge in [-0.2, -0.15) is 26.3 Å². The monoisotopic (exact) mass is 282 g/mol. The Morgan fingerprint density at radius 1 is 1.06 bits per heavy atom. The topological polar surface area (TPSA) is 69.6 Å². The summed E-state index contributed by atoms with van der Waals surface area (Å²) < 4.78 is 71.0. The van der Waals surface area contributed by atoms with E-state index in [9.17, 15) is 35.9 Å². The van der Waals surface area contributed by atoms with Crippen LogP contribution in [0, 0.1) is 0 Å². The van der Waals surface area contributed by atoms with Crippen LogP contribution in [0.4, 0.5) is 31.1 Å². The molecule has 11 heteroatoms. The molecule has 18 heavy (non-hydrogen) atoms. The minimum absolute atomic E-state index is 0.284.